The maximum absolute atomic E-state index is 14.3. The smallest absolute Gasteiger partial charge is 0.306 e. The van der Waals surface area contributed by atoms with Gasteiger partial charge < -0.3 is 9.84 Å². The molecule has 0 radical (unpaired) electrons. The molecular weight excluding hydrogens is 448 g/mol. The zero-order valence-electron chi connectivity index (χ0n) is 15.3. The van der Waals surface area contributed by atoms with Crippen LogP contribution in [-0.2, 0) is 9.53 Å². The highest BCUT2D eigenvalue weighted by molar-refractivity contribution is 9.10. The number of halogens is 3. The van der Waals surface area contributed by atoms with Gasteiger partial charge >= 0.3 is 5.97 Å². The lowest BCUT2D eigenvalue weighted by Crippen LogP contribution is -2.10. The quantitative estimate of drug-likeness (QED) is 0.402. The van der Waals surface area contributed by atoms with Crippen LogP contribution >= 0.6 is 15.9 Å². The minimum atomic E-state index is -0.779. The van der Waals surface area contributed by atoms with E-state index in [1.165, 1.54) is 6.07 Å². The number of fused-ring (bicyclic) bond motifs is 1. The summed E-state index contributed by atoms with van der Waals surface area (Å²) in [4.78, 5) is 28.3. The number of benzene rings is 2. The summed E-state index contributed by atoms with van der Waals surface area (Å²) in [5, 5.41) is 10.9. The third kappa shape index (κ3) is 4.27. The van der Waals surface area contributed by atoms with Crippen molar-refractivity contribution in [1.82, 2.24) is 4.98 Å². The zero-order valence-corrected chi connectivity index (χ0v) is 16.9. The van der Waals surface area contributed by atoms with E-state index in [1.54, 1.807) is 25.1 Å². The first kappa shape index (κ1) is 20.9. The average molecular weight is 464 g/mol. The third-order valence-corrected chi connectivity index (χ3v) is 5.08. The van der Waals surface area contributed by atoms with Gasteiger partial charge in [-0.05, 0) is 35.0 Å². The van der Waals surface area contributed by atoms with E-state index >= 15 is 0 Å². The molecule has 29 heavy (non-hydrogen) atoms. The van der Waals surface area contributed by atoms with Gasteiger partial charge in [0.1, 0.15) is 17.3 Å². The molecule has 5 nitrogen and oxygen atoms in total. The summed E-state index contributed by atoms with van der Waals surface area (Å²) in [6.45, 7) is 1.86. The molecular formula is C21H16BrF2NO4. The Labute approximate surface area is 173 Å². The lowest BCUT2D eigenvalue weighted by atomic mass is 10.00. The molecule has 0 amide bonds. The van der Waals surface area contributed by atoms with Gasteiger partial charge in [-0.3, -0.25) is 9.59 Å². The summed E-state index contributed by atoms with van der Waals surface area (Å²) in [5.41, 5.74) is 0.443. The number of hydrogen-bond donors (Lipinski definition) is 1. The van der Waals surface area contributed by atoms with Crippen LogP contribution in [0.3, 0.4) is 0 Å². The van der Waals surface area contributed by atoms with Crippen molar-refractivity contribution in [2.24, 2.45) is 0 Å². The molecule has 3 rings (SSSR count). The molecule has 0 aliphatic heterocycles. The highest BCUT2D eigenvalue weighted by atomic mass is 79.9. The molecule has 0 spiro atoms. The van der Waals surface area contributed by atoms with Crippen molar-refractivity contribution in [3.63, 3.8) is 0 Å². The Morgan fingerprint density at radius 1 is 1.14 bits per heavy atom. The average Bonchev–Trinajstić information content (AvgIpc) is 2.69. The van der Waals surface area contributed by atoms with Gasteiger partial charge in [0.15, 0.2) is 11.5 Å². The molecule has 0 aliphatic rings. The number of aromatic nitrogens is 1. The molecule has 0 bridgehead atoms. The molecule has 0 unspecified atom stereocenters. The van der Waals surface area contributed by atoms with Crippen LogP contribution in [0.1, 0.15) is 30.3 Å². The summed E-state index contributed by atoms with van der Waals surface area (Å²) in [6, 6.07) is 8.03. The Morgan fingerprint density at radius 3 is 2.59 bits per heavy atom. The largest absolute Gasteiger partial charge is 0.504 e. The number of esters is 1. The molecule has 0 atom stereocenters. The highest BCUT2D eigenvalue weighted by Crippen LogP contribution is 2.38. The van der Waals surface area contributed by atoms with Gasteiger partial charge in [-0.25, -0.2) is 13.8 Å². The molecule has 0 aliphatic carbocycles. The molecule has 1 heterocycles. The van der Waals surface area contributed by atoms with Crippen LogP contribution in [0.15, 0.2) is 40.9 Å². The standard InChI is InChI=1S/C21H16BrF2NO4/c1-2-29-17(27)9-8-16(26)20-21(28)18(22)14-5-3-4-13(19(14)25-20)12-7-6-11(23)10-15(12)24/h3-7,10,28H,2,8-9H2,1H3. The van der Waals surface area contributed by atoms with Crippen LogP contribution in [-0.4, -0.2) is 28.4 Å². The number of carbonyl (C=O) groups is 2. The van der Waals surface area contributed by atoms with Crippen LogP contribution in [0.25, 0.3) is 22.0 Å². The Hall–Kier alpha value is -2.87. The Kier molecular flexibility index (Phi) is 6.22. The van der Waals surface area contributed by atoms with E-state index in [1.807, 2.05) is 0 Å². The van der Waals surface area contributed by atoms with Gasteiger partial charge in [-0.1, -0.05) is 18.2 Å². The molecule has 0 saturated heterocycles. The van der Waals surface area contributed by atoms with Gasteiger partial charge in [0, 0.05) is 29.0 Å². The SMILES string of the molecule is CCOC(=O)CCC(=O)c1nc2c(-c3ccc(F)cc3F)cccc2c(Br)c1O. The van der Waals surface area contributed by atoms with Crippen LogP contribution < -0.4 is 0 Å². The first-order valence-electron chi connectivity index (χ1n) is 8.79. The van der Waals surface area contributed by atoms with E-state index in [9.17, 15) is 23.5 Å². The molecule has 150 valence electrons. The maximum atomic E-state index is 14.3. The van der Waals surface area contributed by atoms with Gasteiger partial charge in [0.2, 0.25) is 0 Å². The number of pyridine rings is 1. The summed E-state index contributed by atoms with van der Waals surface area (Å²) >= 11 is 3.25. The van der Waals surface area contributed by atoms with Crippen LogP contribution in [0.4, 0.5) is 8.78 Å². The predicted octanol–water partition coefficient (Wildman–Crippen LogP) is 5.17. The summed E-state index contributed by atoms with van der Waals surface area (Å²) in [6.07, 6.45) is -0.359. The second-order valence-electron chi connectivity index (χ2n) is 6.18. The van der Waals surface area contributed by atoms with Gasteiger partial charge in [0.25, 0.3) is 0 Å². The van der Waals surface area contributed by atoms with Gasteiger partial charge in [0.05, 0.1) is 23.0 Å². The van der Waals surface area contributed by atoms with E-state index < -0.39 is 23.4 Å². The van der Waals surface area contributed by atoms with E-state index in [4.69, 9.17) is 4.74 Å². The molecule has 2 aromatic carbocycles. The number of nitrogens with zero attached hydrogens (tertiary/aromatic N) is 1. The number of rotatable bonds is 6. The number of para-hydroxylation sites is 1. The molecule has 1 N–H and O–H groups in total. The summed E-state index contributed by atoms with van der Waals surface area (Å²) in [5.74, 6) is -2.96. The fraction of sp³-hybridized carbons (Fsp3) is 0.190. The minimum absolute atomic E-state index is 0.104. The van der Waals surface area contributed by atoms with E-state index in [2.05, 4.69) is 20.9 Å². The first-order valence-corrected chi connectivity index (χ1v) is 9.58. The van der Waals surface area contributed by atoms with Crippen molar-refractivity contribution in [2.75, 3.05) is 6.61 Å². The number of ketones is 1. The van der Waals surface area contributed by atoms with Crippen molar-refractivity contribution >= 4 is 38.6 Å². The Bertz CT molecular complexity index is 1120. The minimum Gasteiger partial charge on any atom is -0.504 e. The Balaban J connectivity index is 2.10. The topological polar surface area (TPSA) is 76.5 Å². The predicted molar refractivity (Wildman–Crippen MR) is 107 cm³/mol. The van der Waals surface area contributed by atoms with Gasteiger partial charge in [-0.15, -0.1) is 0 Å². The van der Waals surface area contributed by atoms with Crippen molar-refractivity contribution in [3.8, 4) is 16.9 Å². The van der Waals surface area contributed by atoms with E-state index in [-0.39, 0.29) is 46.4 Å². The number of hydrogen-bond acceptors (Lipinski definition) is 5. The van der Waals surface area contributed by atoms with Crippen molar-refractivity contribution < 1.29 is 28.2 Å². The lowest BCUT2D eigenvalue weighted by molar-refractivity contribution is -0.143. The van der Waals surface area contributed by atoms with Crippen molar-refractivity contribution in [3.05, 3.63) is 58.2 Å². The normalized spacial score (nSPS) is 10.9. The summed E-state index contributed by atoms with van der Waals surface area (Å²) < 4.78 is 32.6. The maximum Gasteiger partial charge on any atom is 0.306 e. The van der Waals surface area contributed by atoms with Crippen molar-refractivity contribution in [2.45, 2.75) is 19.8 Å². The van der Waals surface area contributed by atoms with E-state index in [0.717, 1.165) is 12.1 Å². The second-order valence-corrected chi connectivity index (χ2v) is 6.97. The fourth-order valence-electron chi connectivity index (χ4n) is 2.92. The Morgan fingerprint density at radius 2 is 1.90 bits per heavy atom. The second kappa shape index (κ2) is 8.65. The van der Waals surface area contributed by atoms with Crippen LogP contribution in [0, 0.1) is 11.6 Å². The highest BCUT2D eigenvalue weighted by Gasteiger charge is 2.22. The van der Waals surface area contributed by atoms with E-state index in [0.29, 0.717) is 10.9 Å². The van der Waals surface area contributed by atoms with Crippen molar-refractivity contribution in [1.29, 1.82) is 0 Å². The zero-order chi connectivity index (χ0) is 21.1. The lowest BCUT2D eigenvalue weighted by Gasteiger charge is -2.12. The number of Topliss-reactive ketones (excluding diaryl/α,β-unsaturated/α-hetero) is 1. The van der Waals surface area contributed by atoms with Crippen LogP contribution in [0.2, 0.25) is 0 Å². The molecule has 1 aromatic heterocycles. The number of aromatic hydroxyl groups is 1. The van der Waals surface area contributed by atoms with Gasteiger partial charge in [-0.2, -0.15) is 0 Å². The fourth-order valence-corrected chi connectivity index (χ4v) is 3.43. The number of ether oxygens (including phenoxy) is 1. The molecule has 0 fully saturated rings. The van der Waals surface area contributed by atoms with Crippen LogP contribution in [0.5, 0.6) is 5.75 Å². The number of carbonyl (C=O) groups excluding carboxylic acids is 2. The third-order valence-electron chi connectivity index (χ3n) is 4.28. The monoisotopic (exact) mass is 463 g/mol. The first-order chi connectivity index (χ1) is 13.8. The molecule has 8 heteroatoms. The molecule has 0 saturated carbocycles. The molecule has 3 aromatic rings. The summed E-state index contributed by atoms with van der Waals surface area (Å²) in [7, 11) is 0.